The van der Waals surface area contributed by atoms with Gasteiger partial charge in [-0.2, -0.15) is 4.80 Å². The van der Waals surface area contributed by atoms with Crippen LogP contribution in [-0.2, 0) is 18.6 Å². The maximum atomic E-state index is 13.1. The lowest BCUT2D eigenvalue weighted by Crippen LogP contribution is -2.25. The normalized spacial score (nSPS) is 12.0. The van der Waals surface area contributed by atoms with Crippen LogP contribution in [0.25, 0.3) is 10.9 Å². The predicted molar refractivity (Wildman–Crippen MR) is 104 cm³/mol. The van der Waals surface area contributed by atoms with E-state index in [1.165, 1.54) is 0 Å². The third kappa shape index (κ3) is 3.40. The van der Waals surface area contributed by atoms with Crippen molar-refractivity contribution >= 4 is 10.9 Å². The summed E-state index contributed by atoms with van der Waals surface area (Å²) in [5.74, 6) is 0.521. The lowest BCUT2D eigenvalue weighted by atomic mass is 10.1. The molecule has 0 fully saturated rings. The van der Waals surface area contributed by atoms with Gasteiger partial charge in [-0.05, 0) is 43.7 Å². The van der Waals surface area contributed by atoms with Gasteiger partial charge in [-0.15, -0.1) is 10.2 Å². The molecule has 0 amide bonds. The van der Waals surface area contributed by atoms with E-state index < -0.39 is 0 Å². The second-order valence-electron chi connectivity index (χ2n) is 7.65. The van der Waals surface area contributed by atoms with Crippen LogP contribution in [0.3, 0.4) is 0 Å². The first-order chi connectivity index (χ1) is 12.9. The smallest absolute Gasteiger partial charge is 0.275 e. The monoisotopic (exact) mass is 362 g/mol. The molecule has 27 heavy (non-hydrogen) atoms. The minimum Gasteiger partial charge on any atom is -0.339 e. The molecule has 4 aromatic rings. The van der Waals surface area contributed by atoms with Crippen molar-refractivity contribution in [3.63, 3.8) is 0 Å². The molecule has 0 saturated carbocycles. The molecule has 0 radical (unpaired) electrons. The van der Waals surface area contributed by atoms with Crippen molar-refractivity contribution in [3.8, 4) is 0 Å². The molecular formula is C20H22N6O. The van der Waals surface area contributed by atoms with E-state index in [2.05, 4.69) is 27.5 Å². The molecular weight excluding hydrogens is 340 g/mol. The molecule has 0 aliphatic heterocycles. The summed E-state index contributed by atoms with van der Waals surface area (Å²) in [4.78, 5) is 14.6. The maximum absolute atomic E-state index is 13.1. The molecule has 0 unspecified atom stereocenters. The summed E-state index contributed by atoms with van der Waals surface area (Å²) in [5, 5.41) is 13.5. The van der Waals surface area contributed by atoms with Crippen molar-refractivity contribution in [2.45, 2.75) is 39.4 Å². The zero-order valence-electron chi connectivity index (χ0n) is 15.7. The maximum Gasteiger partial charge on any atom is 0.275 e. The van der Waals surface area contributed by atoms with Crippen LogP contribution in [0.5, 0.6) is 0 Å². The number of pyridine rings is 1. The van der Waals surface area contributed by atoms with Gasteiger partial charge in [0.2, 0.25) is 0 Å². The fraction of sp³-hybridized carbons (Fsp3) is 0.300. The molecule has 0 bridgehead atoms. The SMILES string of the molecule is CC(C)(C)n1nnc(Cn2ccc3ccn(Cc4ccccc4)c3c2=O)n1. The van der Waals surface area contributed by atoms with Crippen molar-refractivity contribution in [1.82, 2.24) is 29.3 Å². The van der Waals surface area contributed by atoms with Crippen LogP contribution in [0.4, 0.5) is 0 Å². The molecule has 7 heteroatoms. The number of aromatic nitrogens is 6. The van der Waals surface area contributed by atoms with E-state index in [0.717, 1.165) is 10.9 Å². The molecule has 0 atom stereocenters. The summed E-state index contributed by atoms with van der Waals surface area (Å²) in [6, 6.07) is 14.0. The van der Waals surface area contributed by atoms with Gasteiger partial charge < -0.3 is 9.13 Å². The van der Waals surface area contributed by atoms with Gasteiger partial charge in [-0.1, -0.05) is 30.3 Å². The summed E-state index contributed by atoms with van der Waals surface area (Å²) in [5.41, 5.74) is 1.54. The summed E-state index contributed by atoms with van der Waals surface area (Å²) in [6.45, 7) is 6.97. The van der Waals surface area contributed by atoms with E-state index in [1.807, 2.05) is 61.9 Å². The number of nitrogens with zero attached hydrogens (tertiary/aromatic N) is 6. The van der Waals surface area contributed by atoms with Crippen LogP contribution < -0.4 is 5.56 Å². The Morgan fingerprint density at radius 1 is 0.926 bits per heavy atom. The first-order valence-electron chi connectivity index (χ1n) is 8.93. The van der Waals surface area contributed by atoms with Crippen molar-refractivity contribution < 1.29 is 0 Å². The van der Waals surface area contributed by atoms with E-state index in [1.54, 1.807) is 15.6 Å². The third-order valence-electron chi connectivity index (χ3n) is 4.45. The minimum absolute atomic E-state index is 0.0551. The average molecular weight is 362 g/mol. The average Bonchev–Trinajstić information content (AvgIpc) is 3.26. The van der Waals surface area contributed by atoms with E-state index in [-0.39, 0.29) is 11.1 Å². The van der Waals surface area contributed by atoms with Gasteiger partial charge in [-0.25, -0.2) is 0 Å². The minimum atomic E-state index is -0.245. The molecule has 138 valence electrons. The topological polar surface area (TPSA) is 70.5 Å². The van der Waals surface area contributed by atoms with E-state index in [9.17, 15) is 4.79 Å². The second kappa shape index (κ2) is 6.50. The van der Waals surface area contributed by atoms with Crippen molar-refractivity contribution in [2.75, 3.05) is 0 Å². The van der Waals surface area contributed by atoms with Crippen molar-refractivity contribution in [2.24, 2.45) is 0 Å². The molecule has 7 nitrogen and oxygen atoms in total. The molecule has 3 heterocycles. The molecule has 4 rings (SSSR count). The molecule has 0 spiro atoms. The number of fused-ring (bicyclic) bond motifs is 1. The van der Waals surface area contributed by atoms with Gasteiger partial charge in [0.25, 0.3) is 5.56 Å². The van der Waals surface area contributed by atoms with E-state index in [0.29, 0.717) is 24.4 Å². The Morgan fingerprint density at radius 2 is 1.63 bits per heavy atom. The van der Waals surface area contributed by atoms with Gasteiger partial charge in [0.05, 0.1) is 12.1 Å². The third-order valence-corrected chi connectivity index (χ3v) is 4.45. The first kappa shape index (κ1) is 17.2. The lowest BCUT2D eigenvalue weighted by molar-refractivity contribution is 0.305. The van der Waals surface area contributed by atoms with E-state index >= 15 is 0 Å². The highest BCUT2D eigenvalue weighted by molar-refractivity contribution is 5.79. The molecule has 3 aromatic heterocycles. The molecule has 0 aliphatic carbocycles. The Labute approximate surface area is 156 Å². The molecule has 0 aliphatic rings. The second-order valence-corrected chi connectivity index (χ2v) is 7.65. The van der Waals surface area contributed by atoms with Gasteiger partial charge in [-0.3, -0.25) is 4.79 Å². The van der Waals surface area contributed by atoms with Gasteiger partial charge in [0.15, 0.2) is 5.82 Å². The highest BCUT2D eigenvalue weighted by Crippen LogP contribution is 2.14. The quantitative estimate of drug-likeness (QED) is 0.560. The first-order valence-corrected chi connectivity index (χ1v) is 8.93. The molecule has 0 N–H and O–H groups in total. The van der Waals surface area contributed by atoms with Crippen LogP contribution in [-0.4, -0.2) is 29.3 Å². The summed E-state index contributed by atoms with van der Waals surface area (Å²) in [6.07, 6.45) is 3.74. The summed E-state index contributed by atoms with van der Waals surface area (Å²) < 4.78 is 3.62. The molecule has 1 aromatic carbocycles. The number of hydrogen-bond acceptors (Lipinski definition) is 4. The van der Waals surface area contributed by atoms with Crippen molar-refractivity contribution in [1.29, 1.82) is 0 Å². The summed E-state index contributed by atoms with van der Waals surface area (Å²) in [7, 11) is 0. The van der Waals surface area contributed by atoms with Crippen LogP contribution in [0.2, 0.25) is 0 Å². The Morgan fingerprint density at radius 3 is 2.30 bits per heavy atom. The van der Waals surface area contributed by atoms with Crippen LogP contribution in [0.1, 0.15) is 32.2 Å². The lowest BCUT2D eigenvalue weighted by Gasteiger charge is -2.15. The number of rotatable bonds is 4. The van der Waals surface area contributed by atoms with Gasteiger partial charge in [0.1, 0.15) is 5.52 Å². The molecule has 0 saturated heterocycles. The zero-order valence-corrected chi connectivity index (χ0v) is 15.7. The number of hydrogen-bond donors (Lipinski definition) is 0. The largest absolute Gasteiger partial charge is 0.339 e. The van der Waals surface area contributed by atoms with Crippen LogP contribution in [0, 0.1) is 0 Å². The van der Waals surface area contributed by atoms with Crippen LogP contribution >= 0.6 is 0 Å². The number of benzene rings is 1. The van der Waals surface area contributed by atoms with Crippen molar-refractivity contribution in [3.05, 3.63) is 76.6 Å². The fourth-order valence-electron chi connectivity index (χ4n) is 3.02. The Bertz CT molecular complexity index is 1130. The van der Waals surface area contributed by atoms with Crippen LogP contribution in [0.15, 0.2) is 59.7 Å². The highest BCUT2D eigenvalue weighted by Gasteiger charge is 2.17. The van der Waals surface area contributed by atoms with E-state index in [4.69, 9.17) is 0 Å². The zero-order chi connectivity index (χ0) is 19.0. The predicted octanol–water partition coefficient (Wildman–Crippen LogP) is 2.64. The Hall–Kier alpha value is -3.22. The fourth-order valence-corrected chi connectivity index (χ4v) is 3.02. The highest BCUT2D eigenvalue weighted by atomic mass is 16.1. The van der Waals surface area contributed by atoms with Gasteiger partial charge >= 0.3 is 0 Å². The number of tetrazole rings is 1. The summed E-state index contributed by atoms with van der Waals surface area (Å²) >= 11 is 0. The standard InChI is InChI=1S/C20H22N6O/c1-20(2,3)26-22-17(21-23-26)14-25-12-10-16-9-11-24(18(16)19(25)27)13-15-7-5-4-6-8-15/h4-12H,13-14H2,1-3H3. The van der Waals surface area contributed by atoms with Gasteiger partial charge in [0, 0.05) is 24.3 Å². The Balaban J connectivity index is 1.68. The Kier molecular flexibility index (Phi) is 4.14.